The van der Waals surface area contributed by atoms with E-state index in [0.29, 0.717) is 11.3 Å². The lowest BCUT2D eigenvalue weighted by atomic mass is 10.1. The fourth-order valence-electron chi connectivity index (χ4n) is 1.67. The van der Waals surface area contributed by atoms with E-state index in [0.717, 1.165) is 5.56 Å². The van der Waals surface area contributed by atoms with Gasteiger partial charge in [-0.2, -0.15) is 0 Å². The summed E-state index contributed by atoms with van der Waals surface area (Å²) >= 11 is 0. The molecule has 0 aliphatic rings. The zero-order valence-corrected chi connectivity index (χ0v) is 10.5. The van der Waals surface area contributed by atoms with Crippen LogP contribution >= 0.6 is 0 Å². The third-order valence-corrected chi connectivity index (χ3v) is 2.65. The van der Waals surface area contributed by atoms with Crippen molar-refractivity contribution in [1.82, 2.24) is 0 Å². The summed E-state index contributed by atoms with van der Waals surface area (Å²) in [6.07, 6.45) is 3.14. The number of methoxy groups -OCH3 is 1. The SMILES string of the molecule is COc1cccc(C(=O)C=Cc2cccc(O)c2)c1. The van der Waals surface area contributed by atoms with Crippen LogP contribution < -0.4 is 4.74 Å². The van der Waals surface area contributed by atoms with Gasteiger partial charge in [-0.15, -0.1) is 0 Å². The van der Waals surface area contributed by atoms with E-state index in [1.807, 2.05) is 6.07 Å². The fraction of sp³-hybridized carbons (Fsp3) is 0.0625. The second-order valence-electron chi connectivity index (χ2n) is 4.02. The second-order valence-corrected chi connectivity index (χ2v) is 4.02. The number of phenolic OH excluding ortho intramolecular Hbond substituents is 1. The highest BCUT2D eigenvalue weighted by Crippen LogP contribution is 2.15. The molecule has 0 aliphatic heterocycles. The molecule has 0 radical (unpaired) electrons. The predicted molar refractivity (Wildman–Crippen MR) is 74.5 cm³/mol. The molecule has 2 aromatic carbocycles. The number of rotatable bonds is 4. The topological polar surface area (TPSA) is 46.5 Å². The van der Waals surface area contributed by atoms with Gasteiger partial charge < -0.3 is 9.84 Å². The minimum Gasteiger partial charge on any atom is -0.508 e. The number of carbonyl (C=O) groups is 1. The number of ether oxygens (including phenoxy) is 1. The molecule has 0 spiro atoms. The highest BCUT2D eigenvalue weighted by atomic mass is 16.5. The first-order valence-corrected chi connectivity index (χ1v) is 5.84. The van der Waals surface area contributed by atoms with Crippen LogP contribution in [0.5, 0.6) is 11.5 Å². The Morgan fingerprint density at radius 2 is 1.95 bits per heavy atom. The number of phenols is 1. The second kappa shape index (κ2) is 5.87. The molecule has 0 atom stereocenters. The van der Waals surface area contributed by atoms with E-state index in [1.54, 1.807) is 55.7 Å². The number of hydrogen-bond acceptors (Lipinski definition) is 3. The Morgan fingerprint density at radius 1 is 1.16 bits per heavy atom. The number of carbonyl (C=O) groups excluding carboxylic acids is 1. The molecule has 19 heavy (non-hydrogen) atoms. The summed E-state index contributed by atoms with van der Waals surface area (Å²) in [5.74, 6) is 0.717. The lowest BCUT2D eigenvalue weighted by molar-refractivity contribution is 0.104. The molecule has 0 saturated carbocycles. The average Bonchev–Trinajstić information content (AvgIpc) is 2.45. The van der Waals surface area contributed by atoms with Gasteiger partial charge >= 0.3 is 0 Å². The van der Waals surface area contributed by atoms with Gasteiger partial charge in [0.15, 0.2) is 5.78 Å². The molecule has 0 heterocycles. The molecule has 2 aromatic rings. The van der Waals surface area contributed by atoms with Crippen LogP contribution in [0.25, 0.3) is 6.08 Å². The lowest BCUT2D eigenvalue weighted by Gasteiger charge is -2.01. The minimum atomic E-state index is -0.109. The van der Waals surface area contributed by atoms with Crippen molar-refractivity contribution >= 4 is 11.9 Å². The number of allylic oxidation sites excluding steroid dienone is 1. The van der Waals surface area contributed by atoms with Crippen molar-refractivity contribution in [2.24, 2.45) is 0 Å². The van der Waals surface area contributed by atoms with Gasteiger partial charge in [0.2, 0.25) is 0 Å². The largest absolute Gasteiger partial charge is 0.508 e. The van der Waals surface area contributed by atoms with Crippen molar-refractivity contribution in [3.05, 3.63) is 65.7 Å². The van der Waals surface area contributed by atoms with Crippen LogP contribution in [-0.2, 0) is 0 Å². The molecule has 0 fully saturated rings. The van der Waals surface area contributed by atoms with Crippen molar-refractivity contribution < 1.29 is 14.6 Å². The van der Waals surface area contributed by atoms with Crippen LogP contribution in [0.1, 0.15) is 15.9 Å². The molecular formula is C16H14O3. The third kappa shape index (κ3) is 3.45. The van der Waals surface area contributed by atoms with Crippen molar-refractivity contribution in [3.8, 4) is 11.5 Å². The average molecular weight is 254 g/mol. The Labute approximate surface area is 111 Å². The minimum absolute atomic E-state index is 0.109. The van der Waals surface area contributed by atoms with Gasteiger partial charge in [0.25, 0.3) is 0 Å². The van der Waals surface area contributed by atoms with E-state index in [2.05, 4.69) is 0 Å². The molecule has 0 bridgehead atoms. The maximum Gasteiger partial charge on any atom is 0.185 e. The van der Waals surface area contributed by atoms with Gasteiger partial charge in [0.1, 0.15) is 11.5 Å². The summed E-state index contributed by atoms with van der Waals surface area (Å²) in [4.78, 5) is 12.0. The van der Waals surface area contributed by atoms with E-state index in [9.17, 15) is 9.90 Å². The first-order chi connectivity index (χ1) is 9.19. The number of benzene rings is 2. The maximum atomic E-state index is 12.0. The zero-order valence-electron chi connectivity index (χ0n) is 10.5. The lowest BCUT2D eigenvalue weighted by Crippen LogP contribution is -1.94. The summed E-state index contributed by atoms with van der Waals surface area (Å²) in [7, 11) is 1.56. The Balaban J connectivity index is 2.16. The summed E-state index contributed by atoms with van der Waals surface area (Å²) in [5.41, 5.74) is 1.34. The van der Waals surface area contributed by atoms with Crippen LogP contribution in [0.15, 0.2) is 54.6 Å². The number of hydrogen-bond donors (Lipinski definition) is 1. The van der Waals surface area contributed by atoms with E-state index < -0.39 is 0 Å². The van der Waals surface area contributed by atoms with Crippen molar-refractivity contribution in [3.63, 3.8) is 0 Å². The molecule has 2 rings (SSSR count). The van der Waals surface area contributed by atoms with Crippen LogP contribution in [0, 0.1) is 0 Å². The highest BCUT2D eigenvalue weighted by Gasteiger charge is 2.02. The van der Waals surface area contributed by atoms with Crippen LogP contribution in [-0.4, -0.2) is 18.0 Å². The molecule has 0 aliphatic carbocycles. The molecule has 3 heteroatoms. The first kappa shape index (κ1) is 12.9. The molecule has 0 saturated heterocycles. The summed E-state index contributed by atoms with van der Waals surface area (Å²) < 4.78 is 5.07. The predicted octanol–water partition coefficient (Wildman–Crippen LogP) is 3.30. The van der Waals surface area contributed by atoms with Gasteiger partial charge in [0, 0.05) is 5.56 Å². The molecule has 96 valence electrons. The molecular weight excluding hydrogens is 240 g/mol. The Morgan fingerprint density at radius 3 is 2.68 bits per heavy atom. The van der Waals surface area contributed by atoms with E-state index in [4.69, 9.17) is 4.74 Å². The van der Waals surface area contributed by atoms with E-state index >= 15 is 0 Å². The quantitative estimate of drug-likeness (QED) is 0.672. The smallest absolute Gasteiger partial charge is 0.185 e. The molecule has 0 amide bonds. The number of ketones is 1. The first-order valence-electron chi connectivity index (χ1n) is 5.84. The molecule has 3 nitrogen and oxygen atoms in total. The van der Waals surface area contributed by atoms with Crippen molar-refractivity contribution in [2.45, 2.75) is 0 Å². The van der Waals surface area contributed by atoms with Crippen LogP contribution in [0.4, 0.5) is 0 Å². The van der Waals surface area contributed by atoms with E-state index in [1.165, 1.54) is 6.08 Å². The highest BCUT2D eigenvalue weighted by molar-refractivity contribution is 6.07. The standard InChI is InChI=1S/C16H14O3/c1-19-15-7-3-5-13(11-15)16(18)9-8-12-4-2-6-14(17)10-12/h2-11,17H,1H3. The molecule has 1 N–H and O–H groups in total. The summed E-state index contributed by atoms with van der Waals surface area (Å²) in [5, 5.41) is 9.33. The Kier molecular flexibility index (Phi) is 3.98. The van der Waals surface area contributed by atoms with Gasteiger partial charge in [0.05, 0.1) is 7.11 Å². The molecule has 0 aromatic heterocycles. The van der Waals surface area contributed by atoms with Crippen LogP contribution in [0.2, 0.25) is 0 Å². The van der Waals surface area contributed by atoms with Crippen LogP contribution in [0.3, 0.4) is 0 Å². The molecule has 0 unspecified atom stereocenters. The van der Waals surface area contributed by atoms with Gasteiger partial charge in [-0.25, -0.2) is 0 Å². The summed E-state index contributed by atoms with van der Waals surface area (Å²) in [6, 6.07) is 13.7. The van der Waals surface area contributed by atoms with Crippen molar-refractivity contribution in [2.75, 3.05) is 7.11 Å². The monoisotopic (exact) mass is 254 g/mol. The maximum absolute atomic E-state index is 12.0. The fourth-order valence-corrected chi connectivity index (χ4v) is 1.67. The Bertz CT molecular complexity index is 615. The summed E-state index contributed by atoms with van der Waals surface area (Å²) in [6.45, 7) is 0. The van der Waals surface area contributed by atoms with Gasteiger partial charge in [-0.05, 0) is 35.9 Å². The third-order valence-electron chi connectivity index (χ3n) is 2.65. The van der Waals surface area contributed by atoms with Gasteiger partial charge in [-0.1, -0.05) is 30.3 Å². The van der Waals surface area contributed by atoms with E-state index in [-0.39, 0.29) is 11.5 Å². The number of aromatic hydroxyl groups is 1. The Hall–Kier alpha value is -2.55. The van der Waals surface area contributed by atoms with Crippen molar-refractivity contribution in [1.29, 1.82) is 0 Å². The van der Waals surface area contributed by atoms with Gasteiger partial charge in [-0.3, -0.25) is 4.79 Å². The zero-order chi connectivity index (χ0) is 13.7. The normalized spacial score (nSPS) is 10.6.